The minimum Gasteiger partial charge on any atom is -0.263 e. The van der Waals surface area contributed by atoms with E-state index in [9.17, 15) is 0 Å². The van der Waals surface area contributed by atoms with Crippen LogP contribution in [0.5, 0.6) is 0 Å². The van der Waals surface area contributed by atoms with Crippen LogP contribution in [-0.4, -0.2) is 5.71 Å². The van der Waals surface area contributed by atoms with Crippen LogP contribution in [0.2, 0.25) is 0 Å². The summed E-state index contributed by atoms with van der Waals surface area (Å²) in [6.45, 7) is 17.2. The van der Waals surface area contributed by atoms with Gasteiger partial charge in [-0.05, 0) is 88.8 Å². The van der Waals surface area contributed by atoms with Gasteiger partial charge in [0, 0.05) is 17.8 Å². The van der Waals surface area contributed by atoms with Crippen molar-refractivity contribution in [1.29, 1.82) is 0 Å². The molecule has 1 aliphatic rings. The maximum Gasteiger partial charge on any atom is 0.0365 e. The lowest BCUT2D eigenvalue weighted by molar-refractivity contribution is 1.18. The number of benzene rings is 1. The normalized spacial score (nSPS) is 14.2. The molecule has 0 spiro atoms. The minimum absolute atomic E-state index is 1.09. The Morgan fingerprint density at radius 1 is 0.737 bits per heavy atom. The van der Waals surface area contributed by atoms with Gasteiger partial charge < -0.3 is 0 Å². The zero-order valence-corrected chi connectivity index (χ0v) is 13.7. The fraction of sp³-hybridized carbons (Fsp3) is 0.500. The monoisotopic (exact) mass is 257 g/mol. The van der Waals surface area contributed by atoms with E-state index in [4.69, 9.17) is 0 Å². The van der Waals surface area contributed by atoms with Crippen LogP contribution in [0.4, 0.5) is 0 Å². The second-order valence-corrected chi connectivity index (χ2v) is 5.77. The van der Waals surface area contributed by atoms with Crippen LogP contribution in [0.25, 0.3) is 0 Å². The van der Waals surface area contributed by atoms with E-state index < -0.39 is 0 Å². The topological polar surface area (TPSA) is 12.4 Å². The Kier molecular flexibility index (Phi) is 5.11. The van der Waals surface area contributed by atoms with E-state index in [-0.39, 0.29) is 0 Å². The minimum atomic E-state index is 1.09. The summed E-state index contributed by atoms with van der Waals surface area (Å²) in [5, 5.41) is 0. The van der Waals surface area contributed by atoms with Crippen LogP contribution >= 0.6 is 0 Å². The largest absolute Gasteiger partial charge is 0.263 e. The van der Waals surface area contributed by atoms with Crippen molar-refractivity contribution < 1.29 is 0 Å². The molecule has 0 aliphatic carbocycles. The van der Waals surface area contributed by atoms with Gasteiger partial charge in [0.2, 0.25) is 0 Å². The van der Waals surface area contributed by atoms with Crippen LogP contribution in [-0.2, 0) is 0 Å². The first-order chi connectivity index (χ1) is 8.73. The van der Waals surface area contributed by atoms with Crippen molar-refractivity contribution in [2.24, 2.45) is 4.99 Å². The van der Waals surface area contributed by atoms with Crippen molar-refractivity contribution in [2.75, 3.05) is 0 Å². The molecular formula is C18H27N. The zero-order chi connectivity index (χ0) is 14.7. The third-order valence-electron chi connectivity index (χ3n) is 4.24. The van der Waals surface area contributed by atoms with Crippen molar-refractivity contribution in [2.45, 2.75) is 61.8 Å². The van der Waals surface area contributed by atoms with Crippen LogP contribution < -0.4 is 0 Å². The highest BCUT2D eigenvalue weighted by Crippen LogP contribution is 2.20. The van der Waals surface area contributed by atoms with Crippen molar-refractivity contribution in [3.05, 3.63) is 45.2 Å². The molecule has 0 amide bonds. The molecule has 0 aromatic heterocycles. The van der Waals surface area contributed by atoms with Crippen LogP contribution in [0.3, 0.4) is 0 Å². The summed E-state index contributed by atoms with van der Waals surface area (Å²) in [4.78, 5) is 4.27. The number of allylic oxidation sites excluding steroid dienone is 2. The molecule has 0 saturated heterocycles. The molecule has 1 nitrogen and oxygen atoms in total. The van der Waals surface area contributed by atoms with E-state index in [0.29, 0.717) is 0 Å². The standard InChI is InChI=1S/C11H16.C7H11N/c1-7-6-8(2)10(4)11(5)9(7)3;1-5-4-6(2)8-7(5)3/h6H,1-5H3;4H2,1-3H3. The lowest BCUT2D eigenvalue weighted by atomic mass is 9.96. The summed E-state index contributed by atoms with van der Waals surface area (Å²) in [5.41, 5.74) is 11.0. The molecule has 19 heavy (non-hydrogen) atoms. The van der Waals surface area contributed by atoms with Crippen molar-refractivity contribution in [1.82, 2.24) is 0 Å². The molecule has 0 saturated carbocycles. The van der Waals surface area contributed by atoms with E-state index in [1.165, 1.54) is 44.8 Å². The average Bonchev–Trinajstić information content (AvgIpc) is 2.62. The number of hydrogen-bond acceptors (Lipinski definition) is 1. The van der Waals surface area contributed by atoms with Gasteiger partial charge in [0.1, 0.15) is 0 Å². The summed E-state index contributed by atoms with van der Waals surface area (Å²) < 4.78 is 0. The average molecular weight is 257 g/mol. The zero-order valence-electron chi connectivity index (χ0n) is 13.7. The lowest BCUT2D eigenvalue weighted by Gasteiger charge is -2.10. The Bertz CT molecular complexity index is 519. The molecule has 0 N–H and O–H groups in total. The van der Waals surface area contributed by atoms with E-state index in [1.54, 1.807) is 0 Å². The Balaban J connectivity index is 0.000000200. The van der Waals surface area contributed by atoms with E-state index in [1.807, 2.05) is 0 Å². The van der Waals surface area contributed by atoms with Crippen LogP contribution in [0.15, 0.2) is 22.3 Å². The number of aliphatic imine (C=N–C) groups is 1. The van der Waals surface area contributed by atoms with E-state index in [0.717, 1.165) is 6.42 Å². The maximum atomic E-state index is 4.27. The van der Waals surface area contributed by atoms with Gasteiger partial charge >= 0.3 is 0 Å². The number of hydrogen-bond donors (Lipinski definition) is 0. The number of rotatable bonds is 0. The van der Waals surface area contributed by atoms with Gasteiger partial charge in [-0.1, -0.05) is 6.07 Å². The van der Waals surface area contributed by atoms with Gasteiger partial charge in [-0.25, -0.2) is 0 Å². The summed E-state index contributed by atoms with van der Waals surface area (Å²) in [6, 6.07) is 2.26. The molecule has 0 atom stereocenters. The van der Waals surface area contributed by atoms with Crippen molar-refractivity contribution in [3.63, 3.8) is 0 Å². The number of aryl methyl sites for hydroxylation is 2. The predicted octanol–water partition coefficient (Wildman–Crippen LogP) is 5.37. The van der Waals surface area contributed by atoms with Crippen molar-refractivity contribution in [3.8, 4) is 0 Å². The molecule has 0 fully saturated rings. The maximum absolute atomic E-state index is 4.27. The Morgan fingerprint density at radius 2 is 1.21 bits per heavy atom. The molecule has 0 unspecified atom stereocenters. The van der Waals surface area contributed by atoms with Gasteiger partial charge in [0.05, 0.1) is 0 Å². The van der Waals surface area contributed by atoms with Gasteiger partial charge in [-0.2, -0.15) is 0 Å². The lowest BCUT2D eigenvalue weighted by Crippen LogP contribution is -1.93. The van der Waals surface area contributed by atoms with Gasteiger partial charge in [-0.15, -0.1) is 0 Å². The molecule has 104 valence electrons. The summed E-state index contributed by atoms with van der Waals surface area (Å²) >= 11 is 0. The quantitative estimate of drug-likeness (QED) is 0.592. The highest BCUT2D eigenvalue weighted by Gasteiger charge is 2.05. The first-order valence-electron chi connectivity index (χ1n) is 6.98. The summed E-state index contributed by atoms with van der Waals surface area (Å²) in [5.74, 6) is 0. The fourth-order valence-corrected chi connectivity index (χ4v) is 2.35. The Hall–Kier alpha value is -1.37. The first kappa shape index (κ1) is 15.7. The third-order valence-corrected chi connectivity index (χ3v) is 4.24. The summed E-state index contributed by atoms with van der Waals surface area (Å²) in [6.07, 6.45) is 1.09. The van der Waals surface area contributed by atoms with Crippen molar-refractivity contribution >= 4 is 5.71 Å². The second-order valence-electron chi connectivity index (χ2n) is 5.77. The molecule has 1 heterocycles. The van der Waals surface area contributed by atoms with Gasteiger partial charge in [0.15, 0.2) is 0 Å². The molecule has 1 aromatic rings. The molecule has 2 rings (SSSR count). The predicted molar refractivity (Wildman–Crippen MR) is 86.2 cm³/mol. The van der Waals surface area contributed by atoms with Gasteiger partial charge in [0.25, 0.3) is 0 Å². The Labute approximate surface area is 118 Å². The van der Waals surface area contributed by atoms with E-state index in [2.05, 4.69) is 66.4 Å². The molecule has 0 radical (unpaired) electrons. The van der Waals surface area contributed by atoms with Gasteiger partial charge in [-0.3, -0.25) is 4.99 Å². The second kappa shape index (κ2) is 6.18. The molecule has 0 bridgehead atoms. The SMILES string of the molecule is CC1=NC(C)=C(C)C1.Cc1cc(C)c(C)c(C)c1C. The molecule has 1 heteroatoms. The smallest absolute Gasteiger partial charge is 0.0365 e. The summed E-state index contributed by atoms with van der Waals surface area (Å²) in [7, 11) is 0. The first-order valence-corrected chi connectivity index (χ1v) is 6.98. The van der Waals surface area contributed by atoms with Crippen LogP contribution in [0, 0.1) is 34.6 Å². The highest BCUT2D eigenvalue weighted by molar-refractivity contribution is 5.87. The number of nitrogens with zero attached hydrogens (tertiary/aromatic N) is 1. The van der Waals surface area contributed by atoms with Crippen LogP contribution in [0.1, 0.15) is 55.0 Å². The van der Waals surface area contributed by atoms with E-state index >= 15 is 0 Å². The molecular weight excluding hydrogens is 230 g/mol. The third kappa shape index (κ3) is 3.79. The molecule has 1 aromatic carbocycles. The Morgan fingerprint density at radius 3 is 1.47 bits per heavy atom. The highest BCUT2D eigenvalue weighted by atomic mass is 14.8. The molecule has 1 aliphatic heterocycles. The fourth-order valence-electron chi connectivity index (χ4n) is 2.35.